The van der Waals surface area contributed by atoms with Crippen molar-refractivity contribution < 1.29 is 9.90 Å². The Morgan fingerprint density at radius 2 is 2.12 bits per heavy atom. The SMILES string of the molecule is O=C(NCCc1ccc(O)cc1)c1cscn1. The van der Waals surface area contributed by atoms with Crippen LogP contribution in [0.1, 0.15) is 16.1 Å². The summed E-state index contributed by atoms with van der Waals surface area (Å²) < 4.78 is 0. The van der Waals surface area contributed by atoms with Crippen LogP contribution in [0.4, 0.5) is 0 Å². The van der Waals surface area contributed by atoms with Gasteiger partial charge >= 0.3 is 0 Å². The Hall–Kier alpha value is -1.88. The fourth-order valence-corrected chi connectivity index (χ4v) is 1.93. The zero-order chi connectivity index (χ0) is 12.1. The molecule has 0 aliphatic carbocycles. The number of carbonyl (C=O) groups is 1. The summed E-state index contributed by atoms with van der Waals surface area (Å²) in [6.07, 6.45) is 0.732. The lowest BCUT2D eigenvalue weighted by Gasteiger charge is -2.03. The van der Waals surface area contributed by atoms with E-state index < -0.39 is 0 Å². The molecule has 0 fully saturated rings. The van der Waals surface area contributed by atoms with Crippen LogP contribution in [-0.2, 0) is 6.42 Å². The molecule has 0 aliphatic heterocycles. The minimum Gasteiger partial charge on any atom is -0.508 e. The van der Waals surface area contributed by atoms with Gasteiger partial charge in [-0.2, -0.15) is 0 Å². The van der Waals surface area contributed by atoms with E-state index in [0.29, 0.717) is 12.2 Å². The first-order valence-electron chi connectivity index (χ1n) is 5.20. The van der Waals surface area contributed by atoms with Crippen molar-refractivity contribution in [3.8, 4) is 5.75 Å². The van der Waals surface area contributed by atoms with E-state index in [1.54, 1.807) is 23.0 Å². The van der Waals surface area contributed by atoms with E-state index >= 15 is 0 Å². The number of aromatic nitrogens is 1. The Morgan fingerprint density at radius 3 is 2.76 bits per heavy atom. The molecule has 0 bridgehead atoms. The maximum absolute atomic E-state index is 11.5. The van der Waals surface area contributed by atoms with E-state index in [1.165, 1.54) is 11.3 Å². The summed E-state index contributed by atoms with van der Waals surface area (Å²) in [6.45, 7) is 0.557. The molecule has 2 rings (SSSR count). The molecule has 5 heteroatoms. The van der Waals surface area contributed by atoms with Crippen molar-refractivity contribution in [1.29, 1.82) is 0 Å². The van der Waals surface area contributed by atoms with Gasteiger partial charge in [0.15, 0.2) is 0 Å². The number of hydrogen-bond donors (Lipinski definition) is 2. The van der Waals surface area contributed by atoms with E-state index in [9.17, 15) is 4.79 Å². The number of nitrogens with one attached hydrogen (secondary N) is 1. The summed E-state index contributed by atoms with van der Waals surface area (Å²) in [7, 11) is 0. The van der Waals surface area contributed by atoms with E-state index in [1.807, 2.05) is 12.1 Å². The van der Waals surface area contributed by atoms with Crippen molar-refractivity contribution in [2.45, 2.75) is 6.42 Å². The van der Waals surface area contributed by atoms with Gasteiger partial charge in [-0.15, -0.1) is 11.3 Å². The summed E-state index contributed by atoms with van der Waals surface area (Å²) >= 11 is 1.40. The summed E-state index contributed by atoms with van der Waals surface area (Å²) in [5.41, 5.74) is 3.16. The molecule has 1 heterocycles. The topological polar surface area (TPSA) is 62.2 Å². The standard InChI is InChI=1S/C12H12N2O2S/c15-10-3-1-9(2-4-10)5-6-13-12(16)11-7-17-8-14-11/h1-4,7-8,15H,5-6H2,(H,13,16). The average molecular weight is 248 g/mol. The monoisotopic (exact) mass is 248 g/mol. The molecule has 1 amide bonds. The molecule has 2 aromatic rings. The molecule has 0 saturated heterocycles. The van der Waals surface area contributed by atoms with Gasteiger partial charge in [0.05, 0.1) is 5.51 Å². The van der Waals surface area contributed by atoms with E-state index in [4.69, 9.17) is 5.11 Å². The summed E-state index contributed by atoms with van der Waals surface area (Å²) in [5.74, 6) is 0.102. The molecule has 0 radical (unpaired) electrons. The number of phenolic OH excluding ortho intramolecular Hbond substituents is 1. The highest BCUT2D eigenvalue weighted by atomic mass is 32.1. The van der Waals surface area contributed by atoms with E-state index in [0.717, 1.165) is 12.0 Å². The highest BCUT2D eigenvalue weighted by molar-refractivity contribution is 7.07. The number of hydrogen-bond acceptors (Lipinski definition) is 4. The number of nitrogens with zero attached hydrogens (tertiary/aromatic N) is 1. The van der Waals surface area contributed by atoms with Gasteiger partial charge in [0.2, 0.25) is 0 Å². The number of benzene rings is 1. The number of thiazole rings is 1. The number of phenols is 1. The first-order valence-corrected chi connectivity index (χ1v) is 6.14. The third-order valence-electron chi connectivity index (χ3n) is 2.30. The normalized spacial score (nSPS) is 10.1. The maximum Gasteiger partial charge on any atom is 0.270 e. The lowest BCUT2D eigenvalue weighted by molar-refractivity contribution is 0.0950. The van der Waals surface area contributed by atoms with Crippen molar-refractivity contribution in [1.82, 2.24) is 10.3 Å². The molecule has 4 nitrogen and oxygen atoms in total. The first kappa shape index (κ1) is 11.6. The van der Waals surface area contributed by atoms with Crippen LogP contribution in [0.2, 0.25) is 0 Å². The van der Waals surface area contributed by atoms with Crippen molar-refractivity contribution in [3.63, 3.8) is 0 Å². The zero-order valence-electron chi connectivity index (χ0n) is 9.09. The third-order valence-corrected chi connectivity index (χ3v) is 2.89. The fourth-order valence-electron chi connectivity index (χ4n) is 1.40. The first-order chi connectivity index (χ1) is 8.25. The zero-order valence-corrected chi connectivity index (χ0v) is 9.91. The minimum absolute atomic E-state index is 0.148. The highest BCUT2D eigenvalue weighted by Gasteiger charge is 2.05. The summed E-state index contributed by atoms with van der Waals surface area (Å²) in [4.78, 5) is 15.5. The molecule has 0 atom stereocenters. The number of amides is 1. The molecule has 1 aromatic heterocycles. The van der Waals surface area contributed by atoms with Crippen molar-refractivity contribution in [3.05, 3.63) is 46.4 Å². The van der Waals surface area contributed by atoms with Gasteiger partial charge in [-0.25, -0.2) is 4.98 Å². The molecule has 0 aliphatic rings. The van der Waals surface area contributed by atoms with Gasteiger partial charge in [-0.05, 0) is 24.1 Å². The molecule has 88 valence electrons. The van der Waals surface area contributed by atoms with Crippen LogP contribution >= 0.6 is 11.3 Å². The molecule has 0 unspecified atom stereocenters. The minimum atomic E-state index is -0.148. The average Bonchev–Trinajstić information content (AvgIpc) is 2.85. The van der Waals surface area contributed by atoms with Crippen LogP contribution in [0, 0.1) is 0 Å². The van der Waals surface area contributed by atoms with E-state index in [-0.39, 0.29) is 11.7 Å². The van der Waals surface area contributed by atoms with Gasteiger partial charge in [-0.1, -0.05) is 12.1 Å². The lowest BCUT2D eigenvalue weighted by atomic mass is 10.1. The Labute approximate surface area is 103 Å². The van der Waals surface area contributed by atoms with Gasteiger partial charge in [-0.3, -0.25) is 4.79 Å². The van der Waals surface area contributed by atoms with Crippen LogP contribution < -0.4 is 5.32 Å². The Kier molecular flexibility index (Phi) is 3.72. The quantitative estimate of drug-likeness (QED) is 0.867. The predicted molar refractivity (Wildman–Crippen MR) is 66.3 cm³/mol. The third kappa shape index (κ3) is 3.29. The second-order valence-corrected chi connectivity index (χ2v) is 4.26. The number of aromatic hydroxyl groups is 1. The van der Waals surface area contributed by atoms with E-state index in [2.05, 4.69) is 10.3 Å². The summed E-state index contributed by atoms with van der Waals surface area (Å²) in [6, 6.07) is 6.95. The number of carbonyl (C=O) groups excluding carboxylic acids is 1. The van der Waals surface area contributed by atoms with Crippen LogP contribution in [0.3, 0.4) is 0 Å². The molecule has 1 aromatic carbocycles. The highest BCUT2D eigenvalue weighted by Crippen LogP contribution is 2.09. The Morgan fingerprint density at radius 1 is 1.35 bits per heavy atom. The predicted octanol–water partition coefficient (Wildman–Crippen LogP) is 1.82. The maximum atomic E-state index is 11.5. The molecular weight excluding hydrogens is 236 g/mol. The van der Waals surface area contributed by atoms with Gasteiger partial charge in [0, 0.05) is 11.9 Å². The smallest absolute Gasteiger partial charge is 0.270 e. The van der Waals surface area contributed by atoms with Gasteiger partial charge < -0.3 is 10.4 Å². The van der Waals surface area contributed by atoms with Crippen LogP contribution in [0.25, 0.3) is 0 Å². The van der Waals surface area contributed by atoms with Crippen molar-refractivity contribution in [2.75, 3.05) is 6.54 Å². The number of rotatable bonds is 4. The molecule has 17 heavy (non-hydrogen) atoms. The Bertz CT molecular complexity index is 480. The van der Waals surface area contributed by atoms with Gasteiger partial charge in [0.1, 0.15) is 11.4 Å². The van der Waals surface area contributed by atoms with Crippen LogP contribution in [0.5, 0.6) is 5.75 Å². The molecule has 2 N–H and O–H groups in total. The van der Waals surface area contributed by atoms with Crippen LogP contribution in [0.15, 0.2) is 35.2 Å². The second-order valence-electron chi connectivity index (χ2n) is 3.55. The molecule has 0 spiro atoms. The van der Waals surface area contributed by atoms with Gasteiger partial charge in [0.25, 0.3) is 5.91 Å². The fraction of sp³-hybridized carbons (Fsp3) is 0.167. The van der Waals surface area contributed by atoms with Crippen molar-refractivity contribution >= 4 is 17.2 Å². The lowest BCUT2D eigenvalue weighted by Crippen LogP contribution is -2.25. The molecule has 0 saturated carbocycles. The largest absolute Gasteiger partial charge is 0.508 e. The Balaban J connectivity index is 1.80. The van der Waals surface area contributed by atoms with Crippen LogP contribution in [-0.4, -0.2) is 22.5 Å². The summed E-state index contributed by atoms with van der Waals surface area (Å²) in [5, 5.41) is 13.6. The second kappa shape index (κ2) is 5.45. The molecular formula is C12H12N2O2S. The van der Waals surface area contributed by atoms with Crippen molar-refractivity contribution in [2.24, 2.45) is 0 Å².